The minimum absolute atomic E-state index is 0.144. The lowest BCUT2D eigenvalue weighted by molar-refractivity contribution is -0.120. The van der Waals surface area contributed by atoms with Gasteiger partial charge in [-0.1, -0.05) is 26.0 Å². The molecule has 3 N–H and O–H groups in total. The number of ether oxygens (including phenoxy) is 3. The van der Waals surface area contributed by atoms with Gasteiger partial charge in [0.25, 0.3) is 0 Å². The molecule has 246 valence electrons. The van der Waals surface area contributed by atoms with Gasteiger partial charge in [-0.2, -0.15) is 0 Å². The van der Waals surface area contributed by atoms with Crippen molar-refractivity contribution in [2.75, 3.05) is 32.0 Å². The molecular formula is C35H39N5O6S. The van der Waals surface area contributed by atoms with Crippen LogP contribution in [0.4, 0.5) is 10.8 Å². The zero-order valence-electron chi connectivity index (χ0n) is 27.3. The number of aromatic nitrogens is 2. The van der Waals surface area contributed by atoms with Crippen molar-refractivity contribution >= 4 is 34.0 Å². The van der Waals surface area contributed by atoms with E-state index in [0.29, 0.717) is 64.2 Å². The average Bonchev–Trinajstić information content (AvgIpc) is 3.40. The van der Waals surface area contributed by atoms with Crippen LogP contribution in [0.1, 0.15) is 50.8 Å². The maximum absolute atomic E-state index is 13.9. The van der Waals surface area contributed by atoms with Crippen LogP contribution < -0.4 is 35.6 Å². The molecule has 2 heterocycles. The standard InChI is InChI=1S/C35H39N5O6S/c1-19(2)15-27(34(43)40-35-39-28(18-47-35)25-9-7-8-14-36-25)38-26-13-11-22-23(17-29(26)42)24(37-20(3)41)12-10-21-16-30(44-4)32(45-5)33(46-6)31(21)22/h7-9,11,13-14,16-19,24,27H,10,12,15H2,1-6H3,(H,37,41)(H,38,42)(H,39,40,43)/t24-,27-/m1/s1. The van der Waals surface area contributed by atoms with Crippen LogP contribution in [-0.2, 0) is 16.0 Å². The van der Waals surface area contributed by atoms with Crippen molar-refractivity contribution in [3.63, 3.8) is 0 Å². The van der Waals surface area contributed by atoms with Crippen LogP contribution in [0.15, 0.2) is 58.8 Å². The highest BCUT2D eigenvalue weighted by atomic mass is 32.1. The molecule has 0 bridgehead atoms. The Labute approximate surface area is 277 Å². The number of rotatable bonds is 11. The smallest absolute Gasteiger partial charge is 0.248 e. The summed E-state index contributed by atoms with van der Waals surface area (Å²) >= 11 is 1.30. The number of nitrogens with zero attached hydrogens (tertiary/aromatic N) is 2. The van der Waals surface area contributed by atoms with E-state index in [4.69, 9.17) is 14.2 Å². The molecule has 11 nitrogen and oxygen atoms in total. The second-order valence-corrected chi connectivity index (χ2v) is 12.5. The minimum Gasteiger partial charge on any atom is -0.493 e. The van der Waals surface area contributed by atoms with E-state index in [1.807, 2.05) is 49.6 Å². The normalized spacial score (nSPS) is 14.2. The fourth-order valence-electron chi connectivity index (χ4n) is 5.87. The molecule has 0 spiro atoms. The monoisotopic (exact) mass is 657 g/mol. The molecule has 0 saturated heterocycles. The molecule has 0 unspecified atom stereocenters. The van der Waals surface area contributed by atoms with Gasteiger partial charge in [-0.25, -0.2) is 4.98 Å². The van der Waals surface area contributed by atoms with Crippen molar-refractivity contribution in [1.82, 2.24) is 15.3 Å². The van der Waals surface area contributed by atoms with Crippen LogP contribution in [-0.4, -0.2) is 49.2 Å². The minimum atomic E-state index is -0.732. The Morgan fingerprint density at radius 1 is 1.02 bits per heavy atom. The van der Waals surface area contributed by atoms with Crippen LogP contribution in [0.25, 0.3) is 22.5 Å². The van der Waals surface area contributed by atoms with Gasteiger partial charge in [-0.15, -0.1) is 11.3 Å². The van der Waals surface area contributed by atoms with Gasteiger partial charge >= 0.3 is 0 Å². The van der Waals surface area contributed by atoms with Gasteiger partial charge in [0.05, 0.1) is 38.8 Å². The first kappa shape index (κ1) is 33.4. The molecule has 0 radical (unpaired) electrons. The molecule has 1 aliphatic rings. The van der Waals surface area contributed by atoms with E-state index in [9.17, 15) is 14.4 Å². The van der Waals surface area contributed by atoms with E-state index < -0.39 is 12.1 Å². The van der Waals surface area contributed by atoms with Gasteiger partial charge in [0, 0.05) is 24.1 Å². The van der Waals surface area contributed by atoms with Gasteiger partial charge in [-0.3, -0.25) is 19.4 Å². The predicted octanol–water partition coefficient (Wildman–Crippen LogP) is 5.85. The lowest BCUT2D eigenvalue weighted by atomic mass is 9.95. The van der Waals surface area contributed by atoms with Crippen molar-refractivity contribution in [1.29, 1.82) is 0 Å². The summed E-state index contributed by atoms with van der Waals surface area (Å²) in [5, 5.41) is 11.4. The number of thiazole rings is 1. The molecule has 0 aliphatic heterocycles. The topological polar surface area (TPSA) is 141 Å². The van der Waals surface area contributed by atoms with Crippen LogP contribution >= 0.6 is 11.3 Å². The molecule has 2 atom stereocenters. The molecular weight excluding hydrogens is 618 g/mol. The Kier molecular flexibility index (Phi) is 10.4. The summed E-state index contributed by atoms with van der Waals surface area (Å²) in [6.07, 6.45) is 3.28. The Morgan fingerprint density at radius 2 is 1.81 bits per heavy atom. The van der Waals surface area contributed by atoms with Crippen LogP contribution in [0.2, 0.25) is 0 Å². The van der Waals surface area contributed by atoms with Crippen LogP contribution in [0, 0.1) is 5.92 Å². The van der Waals surface area contributed by atoms with Gasteiger partial charge in [0.1, 0.15) is 11.7 Å². The first-order chi connectivity index (χ1) is 22.6. The number of amides is 2. The van der Waals surface area contributed by atoms with E-state index in [1.54, 1.807) is 26.5 Å². The molecule has 2 amide bonds. The second kappa shape index (κ2) is 14.6. The number of anilines is 2. The molecule has 2 aromatic carbocycles. The molecule has 5 rings (SSSR count). The molecule has 12 heteroatoms. The Bertz CT molecular complexity index is 1830. The third-order valence-electron chi connectivity index (χ3n) is 7.93. The summed E-state index contributed by atoms with van der Waals surface area (Å²) in [5.74, 6) is 1.02. The van der Waals surface area contributed by atoms with Gasteiger partial charge in [0.2, 0.25) is 23.0 Å². The van der Waals surface area contributed by atoms with E-state index in [1.165, 1.54) is 31.4 Å². The van der Waals surface area contributed by atoms with Crippen molar-refractivity contribution in [2.45, 2.75) is 52.1 Å². The lowest BCUT2D eigenvalue weighted by Crippen LogP contribution is -2.37. The molecule has 2 aromatic heterocycles. The zero-order valence-corrected chi connectivity index (χ0v) is 28.1. The maximum Gasteiger partial charge on any atom is 0.248 e. The average molecular weight is 658 g/mol. The van der Waals surface area contributed by atoms with Crippen molar-refractivity contribution < 1.29 is 23.8 Å². The highest BCUT2D eigenvalue weighted by molar-refractivity contribution is 7.14. The molecule has 1 aliphatic carbocycles. The number of carbonyl (C=O) groups excluding carboxylic acids is 2. The van der Waals surface area contributed by atoms with E-state index in [0.717, 1.165) is 11.1 Å². The number of methoxy groups -OCH3 is 3. The Morgan fingerprint density at radius 3 is 2.47 bits per heavy atom. The quantitative estimate of drug-likeness (QED) is 0.181. The third-order valence-corrected chi connectivity index (χ3v) is 8.69. The summed E-state index contributed by atoms with van der Waals surface area (Å²) in [6.45, 7) is 5.48. The number of carbonyl (C=O) groups is 2. The number of nitrogens with one attached hydrogen (secondary N) is 3. The van der Waals surface area contributed by atoms with Crippen molar-refractivity contribution in [3.05, 3.63) is 75.4 Å². The summed E-state index contributed by atoms with van der Waals surface area (Å²) in [7, 11) is 4.66. The summed E-state index contributed by atoms with van der Waals surface area (Å²) in [6, 6.07) is 11.3. The Balaban J connectivity index is 1.55. The van der Waals surface area contributed by atoms with Crippen molar-refractivity contribution in [3.8, 4) is 39.8 Å². The molecule has 0 fully saturated rings. The molecule has 47 heavy (non-hydrogen) atoms. The molecule has 4 aromatic rings. The fourth-order valence-corrected chi connectivity index (χ4v) is 6.58. The second-order valence-electron chi connectivity index (χ2n) is 11.7. The first-order valence-corrected chi connectivity index (χ1v) is 16.2. The summed E-state index contributed by atoms with van der Waals surface area (Å²) in [4.78, 5) is 48.7. The van der Waals surface area contributed by atoms with Gasteiger partial charge < -0.3 is 30.2 Å². The molecule has 0 saturated carbocycles. The Hall–Kier alpha value is -4.97. The maximum atomic E-state index is 13.9. The predicted molar refractivity (Wildman–Crippen MR) is 184 cm³/mol. The highest BCUT2D eigenvalue weighted by Gasteiger charge is 2.30. The number of benzene rings is 1. The summed E-state index contributed by atoms with van der Waals surface area (Å²) in [5.41, 5.74) is 4.31. The SMILES string of the molecule is COc1cc2c(c(OC)c1OC)-c1ccc(N[C@H](CC(C)C)C(=O)Nc3nc(-c4ccccn4)cs3)c(=O)cc1[C@H](NC(C)=O)CC2. The number of aryl methyl sites for hydroxylation is 1. The highest BCUT2D eigenvalue weighted by Crippen LogP contribution is 2.50. The largest absolute Gasteiger partial charge is 0.493 e. The fraction of sp³-hybridized carbons (Fsp3) is 0.343. The zero-order chi connectivity index (χ0) is 33.7. The van der Waals surface area contributed by atoms with E-state index in [-0.39, 0.29) is 28.8 Å². The number of hydrogen-bond acceptors (Lipinski definition) is 10. The van der Waals surface area contributed by atoms with Gasteiger partial charge in [-0.05, 0) is 72.2 Å². The lowest BCUT2D eigenvalue weighted by Gasteiger charge is -2.20. The summed E-state index contributed by atoms with van der Waals surface area (Å²) < 4.78 is 17.2. The van der Waals surface area contributed by atoms with Gasteiger partial charge in [0.15, 0.2) is 16.6 Å². The van der Waals surface area contributed by atoms with E-state index in [2.05, 4.69) is 25.9 Å². The van der Waals surface area contributed by atoms with Crippen LogP contribution in [0.5, 0.6) is 17.2 Å². The number of fused-ring (bicyclic) bond motifs is 3. The van der Waals surface area contributed by atoms with Crippen LogP contribution in [0.3, 0.4) is 0 Å². The number of pyridine rings is 1. The number of hydrogen-bond donors (Lipinski definition) is 3. The van der Waals surface area contributed by atoms with Crippen molar-refractivity contribution in [2.24, 2.45) is 5.92 Å². The third kappa shape index (κ3) is 7.38. The first-order valence-electron chi connectivity index (χ1n) is 15.3. The van der Waals surface area contributed by atoms with E-state index >= 15 is 0 Å².